The van der Waals surface area contributed by atoms with E-state index < -0.39 is 17.3 Å². The van der Waals surface area contributed by atoms with E-state index in [9.17, 15) is 9.18 Å². The van der Waals surface area contributed by atoms with Gasteiger partial charge in [-0.25, -0.2) is 4.39 Å². The lowest BCUT2D eigenvalue weighted by Gasteiger charge is -2.33. The van der Waals surface area contributed by atoms with Crippen LogP contribution in [0.3, 0.4) is 0 Å². The van der Waals surface area contributed by atoms with Crippen LogP contribution in [0.2, 0.25) is 0 Å². The first kappa shape index (κ1) is 15.5. The van der Waals surface area contributed by atoms with Gasteiger partial charge in [-0.2, -0.15) is 0 Å². The maximum absolute atomic E-state index is 14.2. The molecule has 110 valence electrons. The van der Waals surface area contributed by atoms with Gasteiger partial charge in [-0.1, -0.05) is 37.3 Å². The number of nitrogens with one attached hydrogen (secondary N) is 1. The van der Waals surface area contributed by atoms with Crippen molar-refractivity contribution < 1.29 is 9.18 Å². The van der Waals surface area contributed by atoms with Crippen molar-refractivity contribution in [2.45, 2.75) is 18.9 Å². The number of halogens is 2. The van der Waals surface area contributed by atoms with Gasteiger partial charge in [0.15, 0.2) is 0 Å². The lowest BCUT2D eigenvalue weighted by atomic mass is 9.85. The molecule has 0 aliphatic carbocycles. The van der Waals surface area contributed by atoms with E-state index in [1.807, 2.05) is 18.2 Å². The molecule has 0 spiro atoms. The molecule has 1 atom stereocenters. The summed E-state index contributed by atoms with van der Waals surface area (Å²) >= 11 is 3.41. The van der Waals surface area contributed by atoms with E-state index in [1.54, 1.807) is 31.2 Å². The number of rotatable bonds is 5. The number of nitrogens with two attached hydrogens (primary N) is 1. The largest absolute Gasteiger partial charge is 0.367 e. The quantitative estimate of drug-likeness (QED) is 0.861. The summed E-state index contributed by atoms with van der Waals surface area (Å²) in [5.41, 5.74) is 5.23. The smallest absolute Gasteiger partial charge is 0.247 e. The molecule has 0 aliphatic heterocycles. The molecule has 0 saturated carbocycles. The van der Waals surface area contributed by atoms with Crippen molar-refractivity contribution in [2.24, 2.45) is 5.73 Å². The van der Waals surface area contributed by atoms with Gasteiger partial charge in [-0.15, -0.1) is 0 Å². The van der Waals surface area contributed by atoms with Gasteiger partial charge in [0.05, 0.1) is 0 Å². The van der Waals surface area contributed by atoms with Gasteiger partial charge in [0, 0.05) is 15.7 Å². The minimum absolute atomic E-state index is 0.246. The second-order valence-electron chi connectivity index (χ2n) is 4.71. The van der Waals surface area contributed by atoms with Crippen molar-refractivity contribution in [3.8, 4) is 0 Å². The van der Waals surface area contributed by atoms with Crippen molar-refractivity contribution >= 4 is 27.5 Å². The molecule has 3 N–H and O–H groups in total. The first-order valence-corrected chi connectivity index (χ1v) is 7.38. The van der Waals surface area contributed by atoms with Crippen LogP contribution in [0.4, 0.5) is 10.1 Å². The van der Waals surface area contributed by atoms with Crippen LogP contribution in [0.1, 0.15) is 18.9 Å². The summed E-state index contributed by atoms with van der Waals surface area (Å²) in [6.45, 7) is 1.79. The molecule has 2 aromatic carbocycles. The molecular weight excluding hydrogens is 335 g/mol. The Morgan fingerprint density at radius 3 is 2.43 bits per heavy atom. The lowest BCUT2D eigenvalue weighted by Crippen LogP contribution is -2.48. The molecule has 5 heteroatoms. The van der Waals surface area contributed by atoms with Gasteiger partial charge in [0.2, 0.25) is 5.91 Å². The molecule has 0 fully saturated rings. The van der Waals surface area contributed by atoms with Crippen molar-refractivity contribution in [3.63, 3.8) is 0 Å². The summed E-state index contributed by atoms with van der Waals surface area (Å²) in [6.07, 6.45) is 0.324. The topological polar surface area (TPSA) is 55.1 Å². The zero-order valence-corrected chi connectivity index (χ0v) is 13.2. The Balaban J connectivity index is 2.56. The molecule has 3 nitrogen and oxygen atoms in total. The standard InChI is InChI=1S/C16H16BrFN2O/c1-2-16(15(19)21,11-7-3-5-9-13(11)18)20-14-10-6-4-8-12(14)17/h3-10,20H,2H2,1H3,(H2,19,21). The second-order valence-corrected chi connectivity index (χ2v) is 5.56. The van der Waals surface area contributed by atoms with Crippen molar-refractivity contribution in [3.05, 3.63) is 64.4 Å². The van der Waals surface area contributed by atoms with Gasteiger partial charge in [-0.3, -0.25) is 4.79 Å². The molecule has 0 heterocycles. The van der Waals surface area contributed by atoms with E-state index in [4.69, 9.17) is 5.73 Å². The van der Waals surface area contributed by atoms with Crippen molar-refractivity contribution in [2.75, 3.05) is 5.32 Å². The number of hydrogen-bond acceptors (Lipinski definition) is 2. The third-order valence-electron chi connectivity index (χ3n) is 3.51. The van der Waals surface area contributed by atoms with Crippen LogP contribution < -0.4 is 11.1 Å². The average molecular weight is 351 g/mol. The Morgan fingerprint density at radius 1 is 1.24 bits per heavy atom. The first-order chi connectivity index (χ1) is 10.0. The number of carbonyl (C=O) groups excluding carboxylic acids is 1. The number of anilines is 1. The van der Waals surface area contributed by atoms with Crippen LogP contribution in [0.15, 0.2) is 53.0 Å². The third kappa shape index (κ3) is 2.93. The van der Waals surface area contributed by atoms with Gasteiger partial charge >= 0.3 is 0 Å². The van der Waals surface area contributed by atoms with Crippen molar-refractivity contribution in [1.82, 2.24) is 0 Å². The monoisotopic (exact) mass is 350 g/mol. The molecule has 0 radical (unpaired) electrons. The summed E-state index contributed by atoms with van der Waals surface area (Å²) < 4.78 is 15.0. The normalized spacial score (nSPS) is 13.5. The number of amides is 1. The van der Waals surface area contributed by atoms with Crippen LogP contribution in [0.5, 0.6) is 0 Å². The molecule has 2 rings (SSSR count). The summed E-state index contributed by atoms with van der Waals surface area (Å²) in [6, 6.07) is 13.5. The van der Waals surface area contributed by atoms with Gasteiger partial charge in [-0.05, 0) is 40.5 Å². The molecular formula is C16H16BrFN2O. The Morgan fingerprint density at radius 2 is 1.86 bits per heavy atom. The molecule has 0 saturated heterocycles. The number of carbonyl (C=O) groups is 1. The SMILES string of the molecule is CCC(Nc1ccccc1Br)(C(N)=O)c1ccccc1F. The van der Waals surface area contributed by atoms with E-state index in [1.165, 1.54) is 6.07 Å². The van der Waals surface area contributed by atoms with Gasteiger partial charge in [0.25, 0.3) is 0 Å². The van der Waals surface area contributed by atoms with Crippen LogP contribution in [-0.4, -0.2) is 5.91 Å². The Hall–Kier alpha value is -1.88. The Kier molecular flexibility index (Phi) is 4.63. The van der Waals surface area contributed by atoms with E-state index >= 15 is 0 Å². The molecule has 0 aliphatic rings. The van der Waals surface area contributed by atoms with Crippen molar-refractivity contribution in [1.29, 1.82) is 0 Å². The van der Waals surface area contributed by atoms with E-state index in [2.05, 4.69) is 21.2 Å². The molecule has 2 aromatic rings. The van der Waals surface area contributed by atoms with Gasteiger partial charge in [0.1, 0.15) is 11.4 Å². The Bertz CT molecular complexity index is 662. The average Bonchev–Trinajstić information content (AvgIpc) is 2.47. The van der Waals surface area contributed by atoms with Crippen LogP contribution >= 0.6 is 15.9 Å². The summed E-state index contributed by atoms with van der Waals surface area (Å²) in [5.74, 6) is -1.08. The Labute approximate surface area is 131 Å². The van der Waals surface area contributed by atoms with E-state index in [0.717, 1.165) is 4.47 Å². The molecule has 1 unspecified atom stereocenters. The molecule has 1 amide bonds. The minimum atomic E-state index is -1.30. The predicted molar refractivity (Wildman–Crippen MR) is 85.3 cm³/mol. The zero-order chi connectivity index (χ0) is 15.5. The van der Waals surface area contributed by atoms with Crippen LogP contribution in [0.25, 0.3) is 0 Å². The summed E-state index contributed by atoms with van der Waals surface area (Å²) in [7, 11) is 0. The lowest BCUT2D eigenvalue weighted by molar-refractivity contribution is -0.122. The maximum Gasteiger partial charge on any atom is 0.247 e. The number of hydrogen-bond donors (Lipinski definition) is 2. The minimum Gasteiger partial charge on any atom is -0.367 e. The highest BCUT2D eigenvalue weighted by atomic mass is 79.9. The van der Waals surface area contributed by atoms with E-state index in [-0.39, 0.29) is 5.56 Å². The number of benzene rings is 2. The van der Waals surface area contributed by atoms with E-state index in [0.29, 0.717) is 12.1 Å². The third-order valence-corrected chi connectivity index (χ3v) is 4.20. The molecule has 21 heavy (non-hydrogen) atoms. The highest BCUT2D eigenvalue weighted by Crippen LogP contribution is 2.34. The fraction of sp³-hybridized carbons (Fsp3) is 0.188. The number of primary amides is 1. The fourth-order valence-electron chi connectivity index (χ4n) is 2.31. The van der Waals surface area contributed by atoms with Crippen LogP contribution in [0, 0.1) is 5.82 Å². The summed E-state index contributed by atoms with van der Waals surface area (Å²) in [5, 5.41) is 3.11. The zero-order valence-electron chi connectivity index (χ0n) is 11.6. The van der Waals surface area contributed by atoms with Crippen LogP contribution in [-0.2, 0) is 10.3 Å². The van der Waals surface area contributed by atoms with Gasteiger partial charge < -0.3 is 11.1 Å². The maximum atomic E-state index is 14.2. The fourth-order valence-corrected chi connectivity index (χ4v) is 2.70. The number of para-hydroxylation sites is 1. The highest BCUT2D eigenvalue weighted by molar-refractivity contribution is 9.10. The molecule has 0 bridgehead atoms. The molecule has 0 aromatic heterocycles. The predicted octanol–water partition coefficient (Wildman–Crippen LogP) is 3.79. The summed E-state index contributed by atoms with van der Waals surface area (Å²) in [4.78, 5) is 12.1. The first-order valence-electron chi connectivity index (χ1n) is 6.59. The second kappa shape index (κ2) is 6.26. The highest BCUT2D eigenvalue weighted by Gasteiger charge is 2.39.